The third-order valence-electron chi connectivity index (χ3n) is 4.71. The molecule has 0 bridgehead atoms. The number of nitro groups is 1. The molecule has 1 unspecified atom stereocenters. The molecule has 8 nitrogen and oxygen atoms in total. The van der Waals surface area contributed by atoms with Gasteiger partial charge in [0.1, 0.15) is 0 Å². The van der Waals surface area contributed by atoms with Gasteiger partial charge in [0.15, 0.2) is 0 Å². The van der Waals surface area contributed by atoms with E-state index in [0.717, 1.165) is 0 Å². The van der Waals surface area contributed by atoms with E-state index in [1.807, 2.05) is 0 Å². The second-order valence-corrected chi connectivity index (χ2v) is 9.20. The highest BCUT2D eigenvalue weighted by molar-refractivity contribution is 7.89. The maximum atomic E-state index is 12.9. The fourth-order valence-corrected chi connectivity index (χ4v) is 4.42. The van der Waals surface area contributed by atoms with Gasteiger partial charge in [-0.25, -0.2) is 13.1 Å². The lowest BCUT2D eigenvalue weighted by Crippen LogP contribution is -2.31. The molecule has 0 saturated heterocycles. The van der Waals surface area contributed by atoms with Crippen LogP contribution >= 0.6 is 11.6 Å². The Morgan fingerprint density at radius 2 is 1.72 bits per heavy atom. The minimum Gasteiger partial charge on any atom is -0.326 e. The maximum Gasteiger partial charge on any atom is 0.269 e. The van der Waals surface area contributed by atoms with Crippen molar-refractivity contribution >= 4 is 38.9 Å². The van der Waals surface area contributed by atoms with Gasteiger partial charge in [0.25, 0.3) is 5.69 Å². The zero-order valence-corrected chi connectivity index (χ0v) is 18.6. The molecule has 3 aromatic rings. The lowest BCUT2D eigenvalue weighted by molar-refractivity contribution is -0.384. The van der Waals surface area contributed by atoms with Gasteiger partial charge in [-0.2, -0.15) is 0 Å². The van der Waals surface area contributed by atoms with Crippen molar-refractivity contribution in [3.63, 3.8) is 0 Å². The molecule has 0 heterocycles. The van der Waals surface area contributed by atoms with Crippen LogP contribution in [0.4, 0.5) is 11.4 Å². The highest BCUT2D eigenvalue weighted by Gasteiger charge is 2.24. The monoisotopic (exact) mass is 473 g/mol. The number of hydrogen-bond donors (Lipinski definition) is 2. The predicted molar refractivity (Wildman–Crippen MR) is 122 cm³/mol. The third-order valence-corrected chi connectivity index (χ3v) is 6.45. The molecule has 0 radical (unpaired) electrons. The Balaban J connectivity index is 1.81. The van der Waals surface area contributed by atoms with Crippen LogP contribution < -0.4 is 10.0 Å². The standard InChI is InChI=1S/C22H20ClN3O5S/c1-15-13-18(26(28)29)9-12-20(15)24-22(27)14-21(16-5-3-2-4-6-16)25-32(30,31)19-10-7-17(23)8-11-19/h2-13,21,25H,14H2,1H3,(H,24,27). The van der Waals surface area contributed by atoms with Crippen LogP contribution in [0.3, 0.4) is 0 Å². The van der Waals surface area contributed by atoms with E-state index in [0.29, 0.717) is 21.8 Å². The molecular formula is C22H20ClN3O5S. The Hall–Kier alpha value is -3.27. The van der Waals surface area contributed by atoms with Crippen LogP contribution in [0.2, 0.25) is 5.02 Å². The Morgan fingerprint density at radius 3 is 2.31 bits per heavy atom. The summed E-state index contributed by atoms with van der Waals surface area (Å²) in [6.45, 7) is 1.64. The van der Waals surface area contributed by atoms with Gasteiger partial charge in [-0.15, -0.1) is 0 Å². The SMILES string of the molecule is Cc1cc([N+](=O)[O-])ccc1NC(=O)CC(NS(=O)(=O)c1ccc(Cl)cc1)c1ccccc1. The zero-order chi connectivity index (χ0) is 23.3. The van der Waals surface area contributed by atoms with Crippen molar-refractivity contribution in [3.05, 3.63) is 99.1 Å². The van der Waals surface area contributed by atoms with Gasteiger partial charge in [-0.05, 0) is 48.4 Å². The molecule has 0 aliphatic heterocycles. The predicted octanol–water partition coefficient (Wildman–Crippen LogP) is 4.61. The van der Waals surface area contributed by atoms with Crippen LogP contribution in [0.25, 0.3) is 0 Å². The van der Waals surface area contributed by atoms with E-state index >= 15 is 0 Å². The van der Waals surface area contributed by atoms with Crippen molar-refractivity contribution in [2.75, 3.05) is 5.32 Å². The van der Waals surface area contributed by atoms with E-state index in [9.17, 15) is 23.3 Å². The van der Waals surface area contributed by atoms with E-state index in [1.165, 1.54) is 42.5 Å². The summed E-state index contributed by atoms with van der Waals surface area (Å²) < 4.78 is 28.3. The number of carbonyl (C=O) groups is 1. The summed E-state index contributed by atoms with van der Waals surface area (Å²) >= 11 is 5.84. The van der Waals surface area contributed by atoms with Crippen molar-refractivity contribution < 1.29 is 18.1 Å². The van der Waals surface area contributed by atoms with Crippen molar-refractivity contribution in [1.82, 2.24) is 4.72 Å². The van der Waals surface area contributed by atoms with Crippen LogP contribution in [-0.2, 0) is 14.8 Å². The summed E-state index contributed by atoms with van der Waals surface area (Å²) in [6.07, 6.45) is -0.187. The van der Waals surface area contributed by atoms with E-state index in [4.69, 9.17) is 11.6 Å². The molecule has 10 heteroatoms. The number of nitrogens with zero attached hydrogens (tertiary/aromatic N) is 1. The Bertz CT molecular complexity index is 1230. The van der Waals surface area contributed by atoms with Crippen LogP contribution in [-0.4, -0.2) is 19.2 Å². The summed E-state index contributed by atoms with van der Waals surface area (Å²) in [4.78, 5) is 23.1. The molecule has 2 N–H and O–H groups in total. The number of anilines is 1. The largest absolute Gasteiger partial charge is 0.326 e. The van der Waals surface area contributed by atoms with Crippen LogP contribution in [0.1, 0.15) is 23.6 Å². The van der Waals surface area contributed by atoms with Gasteiger partial charge in [0, 0.05) is 29.3 Å². The van der Waals surface area contributed by atoms with Crippen LogP contribution in [0.15, 0.2) is 77.7 Å². The number of nitrogens with one attached hydrogen (secondary N) is 2. The van der Waals surface area contributed by atoms with Gasteiger partial charge in [0.2, 0.25) is 15.9 Å². The van der Waals surface area contributed by atoms with Gasteiger partial charge >= 0.3 is 0 Å². The molecule has 32 heavy (non-hydrogen) atoms. The minimum absolute atomic E-state index is 0.0226. The summed E-state index contributed by atoms with van der Waals surface area (Å²) in [5, 5.41) is 14.0. The number of amides is 1. The van der Waals surface area contributed by atoms with Crippen molar-refractivity contribution in [2.45, 2.75) is 24.3 Å². The summed E-state index contributed by atoms with van der Waals surface area (Å²) in [6, 6.07) is 17.7. The van der Waals surface area contributed by atoms with Crippen LogP contribution in [0, 0.1) is 17.0 Å². The summed E-state index contributed by atoms with van der Waals surface area (Å²) in [5.74, 6) is -0.449. The fraction of sp³-hybridized carbons (Fsp3) is 0.136. The minimum atomic E-state index is -3.93. The quantitative estimate of drug-likeness (QED) is 0.366. The Morgan fingerprint density at radius 1 is 1.06 bits per heavy atom. The molecule has 0 aromatic heterocycles. The average Bonchev–Trinajstić information content (AvgIpc) is 2.75. The van der Waals surface area contributed by atoms with E-state index in [-0.39, 0.29) is 17.0 Å². The molecule has 0 saturated carbocycles. The summed E-state index contributed by atoms with van der Waals surface area (Å²) in [5.41, 5.74) is 1.46. The number of benzene rings is 3. The summed E-state index contributed by atoms with van der Waals surface area (Å²) in [7, 11) is -3.93. The second-order valence-electron chi connectivity index (χ2n) is 7.05. The number of non-ortho nitro benzene ring substituents is 1. The lowest BCUT2D eigenvalue weighted by atomic mass is 10.0. The Kier molecular flexibility index (Phi) is 7.24. The van der Waals surface area contributed by atoms with Crippen molar-refractivity contribution in [3.8, 4) is 0 Å². The smallest absolute Gasteiger partial charge is 0.269 e. The van der Waals surface area contributed by atoms with Gasteiger partial charge in [0.05, 0.1) is 15.9 Å². The highest BCUT2D eigenvalue weighted by atomic mass is 35.5. The molecule has 3 rings (SSSR count). The first-order valence-electron chi connectivity index (χ1n) is 9.53. The number of aryl methyl sites for hydroxylation is 1. The molecule has 1 atom stereocenters. The topological polar surface area (TPSA) is 118 Å². The van der Waals surface area contributed by atoms with E-state index in [2.05, 4.69) is 10.0 Å². The number of nitro benzene ring substituents is 1. The second kappa shape index (κ2) is 9.90. The van der Waals surface area contributed by atoms with E-state index < -0.39 is 26.9 Å². The molecule has 0 aliphatic rings. The first-order valence-corrected chi connectivity index (χ1v) is 11.4. The zero-order valence-electron chi connectivity index (χ0n) is 17.0. The molecule has 0 spiro atoms. The number of carbonyl (C=O) groups excluding carboxylic acids is 1. The first-order chi connectivity index (χ1) is 15.2. The van der Waals surface area contributed by atoms with Crippen LogP contribution in [0.5, 0.6) is 0 Å². The van der Waals surface area contributed by atoms with Gasteiger partial charge < -0.3 is 5.32 Å². The lowest BCUT2D eigenvalue weighted by Gasteiger charge is -2.19. The van der Waals surface area contributed by atoms with Gasteiger partial charge in [-0.1, -0.05) is 41.9 Å². The number of sulfonamides is 1. The molecular weight excluding hydrogens is 454 g/mol. The molecule has 3 aromatic carbocycles. The number of halogens is 1. The third kappa shape index (κ3) is 5.91. The Labute approximate surface area is 190 Å². The van der Waals surface area contributed by atoms with Gasteiger partial charge in [-0.3, -0.25) is 14.9 Å². The average molecular weight is 474 g/mol. The number of hydrogen-bond acceptors (Lipinski definition) is 5. The molecule has 0 fully saturated rings. The van der Waals surface area contributed by atoms with Crippen molar-refractivity contribution in [1.29, 1.82) is 0 Å². The highest BCUT2D eigenvalue weighted by Crippen LogP contribution is 2.24. The first kappa shape index (κ1) is 23.4. The normalized spacial score (nSPS) is 12.2. The molecule has 1 amide bonds. The number of rotatable bonds is 8. The van der Waals surface area contributed by atoms with E-state index in [1.54, 1.807) is 37.3 Å². The van der Waals surface area contributed by atoms with Crippen molar-refractivity contribution in [2.24, 2.45) is 0 Å². The maximum absolute atomic E-state index is 12.9. The fourth-order valence-electron chi connectivity index (χ4n) is 3.07. The molecule has 166 valence electrons. The molecule has 0 aliphatic carbocycles.